The summed E-state index contributed by atoms with van der Waals surface area (Å²) >= 11 is 0. The van der Waals surface area contributed by atoms with E-state index < -0.39 is 6.09 Å². The van der Waals surface area contributed by atoms with Gasteiger partial charge in [-0.05, 0) is 25.7 Å². The molecule has 0 heterocycles. The molecule has 0 saturated heterocycles. The number of hydrogen-bond acceptors (Lipinski definition) is 2. The van der Waals surface area contributed by atoms with E-state index in [2.05, 4.69) is 5.32 Å². The molecule has 64 valence electrons. The molecule has 4 N–H and O–H groups in total. The van der Waals surface area contributed by atoms with Gasteiger partial charge in [0, 0.05) is 12.1 Å². The van der Waals surface area contributed by atoms with E-state index in [9.17, 15) is 4.79 Å². The molecule has 1 rings (SSSR count). The van der Waals surface area contributed by atoms with Gasteiger partial charge in [-0.25, -0.2) is 4.79 Å². The Hall–Kier alpha value is -0.770. The third kappa shape index (κ3) is 2.76. The maximum absolute atomic E-state index is 10.2. The standard InChI is InChI=1S/C7H14N2O2/c8-5-1-3-6(4-2-5)9-7(10)11/h5-6,9H,1-4,8H2,(H,10,11)/t5-,6+. The minimum atomic E-state index is -0.925. The fraction of sp³-hybridized carbons (Fsp3) is 0.857. The second-order valence-electron chi connectivity index (χ2n) is 3.06. The molecular formula is C7H14N2O2. The van der Waals surface area contributed by atoms with Crippen molar-refractivity contribution in [3.05, 3.63) is 0 Å². The molecule has 1 aliphatic rings. The monoisotopic (exact) mass is 158 g/mol. The van der Waals surface area contributed by atoms with Crippen molar-refractivity contribution >= 4 is 6.09 Å². The summed E-state index contributed by atoms with van der Waals surface area (Å²) in [7, 11) is 0. The Bertz CT molecular complexity index is 141. The number of hydrogen-bond donors (Lipinski definition) is 3. The third-order valence-electron chi connectivity index (χ3n) is 2.10. The molecule has 0 unspecified atom stereocenters. The van der Waals surface area contributed by atoms with Gasteiger partial charge in [0.2, 0.25) is 0 Å². The number of carbonyl (C=O) groups is 1. The Morgan fingerprint density at radius 1 is 1.36 bits per heavy atom. The maximum Gasteiger partial charge on any atom is 0.404 e. The van der Waals surface area contributed by atoms with Crippen LogP contribution in [0.5, 0.6) is 0 Å². The van der Waals surface area contributed by atoms with Crippen molar-refractivity contribution < 1.29 is 9.90 Å². The zero-order chi connectivity index (χ0) is 8.27. The number of nitrogens with two attached hydrogens (primary N) is 1. The van der Waals surface area contributed by atoms with Crippen LogP contribution >= 0.6 is 0 Å². The minimum absolute atomic E-state index is 0.132. The first-order valence-electron chi connectivity index (χ1n) is 3.93. The topological polar surface area (TPSA) is 75.3 Å². The van der Waals surface area contributed by atoms with Crippen molar-refractivity contribution in [1.29, 1.82) is 0 Å². The second kappa shape index (κ2) is 3.57. The van der Waals surface area contributed by atoms with Crippen molar-refractivity contribution in [2.24, 2.45) is 5.73 Å². The summed E-state index contributed by atoms with van der Waals surface area (Å²) < 4.78 is 0. The van der Waals surface area contributed by atoms with Crippen LogP contribution < -0.4 is 11.1 Å². The van der Waals surface area contributed by atoms with Crippen molar-refractivity contribution in [3.8, 4) is 0 Å². The molecule has 1 saturated carbocycles. The molecule has 0 aromatic rings. The highest BCUT2D eigenvalue weighted by Gasteiger charge is 2.19. The number of amides is 1. The average Bonchev–Trinajstić information content (AvgIpc) is 1.93. The Morgan fingerprint density at radius 3 is 2.36 bits per heavy atom. The summed E-state index contributed by atoms with van der Waals surface area (Å²) in [5, 5.41) is 10.9. The summed E-state index contributed by atoms with van der Waals surface area (Å²) in [5.41, 5.74) is 5.65. The lowest BCUT2D eigenvalue weighted by molar-refractivity contribution is 0.185. The van der Waals surface area contributed by atoms with Crippen LogP contribution in [0, 0.1) is 0 Å². The maximum atomic E-state index is 10.2. The zero-order valence-corrected chi connectivity index (χ0v) is 6.42. The Morgan fingerprint density at radius 2 is 1.91 bits per heavy atom. The van der Waals surface area contributed by atoms with Crippen LogP contribution in [0.1, 0.15) is 25.7 Å². The molecule has 0 bridgehead atoms. The predicted molar refractivity (Wildman–Crippen MR) is 41.4 cm³/mol. The molecule has 0 spiro atoms. The predicted octanol–water partition coefficient (Wildman–Crippen LogP) is 0.524. The fourth-order valence-electron chi connectivity index (χ4n) is 1.44. The average molecular weight is 158 g/mol. The van der Waals surface area contributed by atoms with Gasteiger partial charge in [0.15, 0.2) is 0 Å². The van der Waals surface area contributed by atoms with Crippen LogP contribution in [0.2, 0.25) is 0 Å². The van der Waals surface area contributed by atoms with Crippen molar-refractivity contribution in [3.63, 3.8) is 0 Å². The second-order valence-corrected chi connectivity index (χ2v) is 3.06. The molecule has 0 atom stereocenters. The van der Waals surface area contributed by atoms with E-state index in [1.807, 2.05) is 0 Å². The van der Waals surface area contributed by atoms with E-state index >= 15 is 0 Å². The Balaban J connectivity index is 2.22. The SMILES string of the molecule is N[C@H]1CC[C@@H](NC(=O)O)CC1. The van der Waals surface area contributed by atoms with E-state index in [1.54, 1.807) is 0 Å². The smallest absolute Gasteiger partial charge is 0.404 e. The lowest BCUT2D eigenvalue weighted by atomic mass is 9.92. The minimum Gasteiger partial charge on any atom is -0.465 e. The first-order valence-corrected chi connectivity index (χ1v) is 3.93. The molecule has 0 radical (unpaired) electrons. The normalized spacial score (nSPS) is 31.4. The first kappa shape index (κ1) is 8.33. The molecule has 1 aliphatic carbocycles. The van der Waals surface area contributed by atoms with E-state index in [0.29, 0.717) is 0 Å². The van der Waals surface area contributed by atoms with Gasteiger partial charge in [0.05, 0.1) is 0 Å². The lowest BCUT2D eigenvalue weighted by Gasteiger charge is -2.25. The van der Waals surface area contributed by atoms with Gasteiger partial charge in [-0.15, -0.1) is 0 Å². The van der Waals surface area contributed by atoms with Gasteiger partial charge < -0.3 is 16.2 Å². The molecule has 4 nitrogen and oxygen atoms in total. The molecule has 0 aromatic carbocycles. The van der Waals surface area contributed by atoms with E-state index in [4.69, 9.17) is 10.8 Å². The van der Waals surface area contributed by atoms with Gasteiger partial charge >= 0.3 is 6.09 Å². The summed E-state index contributed by atoms with van der Waals surface area (Å²) in [5.74, 6) is 0. The molecule has 11 heavy (non-hydrogen) atoms. The number of carboxylic acid groups (broad SMARTS) is 1. The highest BCUT2D eigenvalue weighted by atomic mass is 16.4. The molecule has 0 aromatic heterocycles. The zero-order valence-electron chi connectivity index (χ0n) is 6.42. The van der Waals surface area contributed by atoms with E-state index in [1.165, 1.54) is 0 Å². The van der Waals surface area contributed by atoms with Gasteiger partial charge in [0.25, 0.3) is 0 Å². The summed E-state index contributed by atoms with van der Waals surface area (Å²) in [4.78, 5) is 10.2. The van der Waals surface area contributed by atoms with Gasteiger partial charge in [-0.2, -0.15) is 0 Å². The van der Waals surface area contributed by atoms with Gasteiger partial charge in [0.1, 0.15) is 0 Å². The molecular weight excluding hydrogens is 144 g/mol. The van der Waals surface area contributed by atoms with E-state index in [-0.39, 0.29) is 12.1 Å². The van der Waals surface area contributed by atoms with Crippen LogP contribution in [-0.2, 0) is 0 Å². The summed E-state index contributed by atoms with van der Waals surface area (Å²) in [6, 6.07) is 0.411. The highest BCUT2D eigenvalue weighted by Crippen LogP contribution is 2.16. The first-order chi connectivity index (χ1) is 5.18. The lowest BCUT2D eigenvalue weighted by Crippen LogP contribution is -2.39. The number of nitrogens with one attached hydrogen (secondary N) is 1. The third-order valence-corrected chi connectivity index (χ3v) is 2.10. The van der Waals surface area contributed by atoms with E-state index in [0.717, 1.165) is 25.7 Å². The van der Waals surface area contributed by atoms with Crippen LogP contribution in [0.3, 0.4) is 0 Å². The summed E-state index contributed by atoms with van der Waals surface area (Å²) in [6.45, 7) is 0. The van der Waals surface area contributed by atoms with Crippen LogP contribution in [0.4, 0.5) is 4.79 Å². The van der Waals surface area contributed by atoms with Crippen molar-refractivity contribution in [1.82, 2.24) is 5.32 Å². The van der Waals surface area contributed by atoms with Gasteiger partial charge in [-0.3, -0.25) is 0 Å². The van der Waals surface area contributed by atoms with Crippen molar-refractivity contribution in [2.45, 2.75) is 37.8 Å². The molecule has 1 amide bonds. The largest absolute Gasteiger partial charge is 0.465 e. The Labute approximate surface area is 65.8 Å². The highest BCUT2D eigenvalue weighted by molar-refractivity contribution is 5.64. The number of rotatable bonds is 1. The molecule has 4 heteroatoms. The fourth-order valence-corrected chi connectivity index (χ4v) is 1.44. The van der Waals surface area contributed by atoms with Crippen LogP contribution in [0.25, 0.3) is 0 Å². The molecule has 1 fully saturated rings. The van der Waals surface area contributed by atoms with Gasteiger partial charge in [-0.1, -0.05) is 0 Å². The van der Waals surface area contributed by atoms with Crippen LogP contribution in [0.15, 0.2) is 0 Å². The van der Waals surface area contributed by atoms with Crippen molar-refractivity contribution in [2.75, 3.05) is 0 Å². The summed E-state index contributed by atoms with van der Waals surface area (Å²) in [6.07, 6.45) is 2.71. The quantitative estimate of drug-likeness (QED) is 0.521. The molecule has 0 aliphatic heterocycles. The van der Waals surface area contributed by atoms with Crippen LogP contribution in [-0.4, -0.2) is 23.3 Å². The Kier molecular flexibility index (Phi) is 2.70.